The minimum atomic E-state index is -2.90. The summed E-state index contributed by atoms with van der Waals surface area (Å²) < 4.78 is 29.9. The average Bonchev–Trinajstić information content (AvgIpc) is 2.02. The van der Waals surface area contributed by atoms with Gasteiger partial charge >= 0.3 is 6.09 Å². The van der Waals surface area contributed by atoms with Crippen LogP contribution in [0.5, 0.6) is 5.75 Å². The van der Waals surface area contributed by atoms with E-state index in [0.717, 1.165) is 6.92 Å². The quantitative estimate of drug-likeness (QED) is 0.797. The summed E-state index contributed by atoms with van der Waals surface area (Å²) in [6, 6.07) is 4.88. The van der Waals surface area contributed by atoms with E-state index in [1.165, 1.54) is 24.3 Å². The molecule has 0 fully saturated rings. The Bertz CT molecular complexity index is 330. The van der Waals surface area contributed by atoms with Gasteiger partial charge in [0.2, 0.25) is 0 Å². The van der Waals surface area contributed by atoms with Crippen LogP contribution in [0.15, 0.2) is 24.3 Å². The number of halogens is 2. The second kappa shape index (κ2) is 3.61. The highest BCUT2D eigenvalue weighted by Crippen LogP contribution is 2.28. The van der Waals surface area contributed by atoms with Crippen molar-refractivity contribution in [2.45, 2.75) is 12.8 Å². The van der Waals surface area contributed by atoms with Gasteiger partial charge in [-0.25, -0.2) is 13.6 Å². The fourth-order valence-corrected chi connectivity index (χ4v) is 0.932. The van der Waals surface area contributed by atoms with Crippen LogP contribution in [-0.2, 0) is 5.92 Å². The van der Waals surface area contributed by atoms with Crippen molar-refractivity contribution in [2.24, 2.45) is 5.73 Å². The van der Waals surface area contributed by atoms with Crippen molar-refractivity contribution in [3.63, 3.8) is 0 Å². The average molecular weight is 201 g/mol. The maximum absolute atomic E-state index is 12.7. The molecule has 0 saturated heterocycles. The fourth-order valence-electron chi connectivity index (χ4n) is 0.932. The summed E-state index contributed by atoms with van der Waals surface area (Å²) in [4.78, 5) is 10.3. The summed E-state index contributed by atoms with van der Waals surface area (Å²) in [5, 5.41) is 0. The third kappa shape index (κ3) is 2.69. The van der Waals surface area contributed by atoms with Gasteiger partial charge in [0.15, 0.2) is 0 Å². The number of nitrogens with two attached hydrogens (primary N) is 1. The Balaban J connectivity index is 2.84. The van der Waals surface area contributed by atoms with Crippen LogP contribution in [0.2, 0.25) is 0 Å². The van der Waals surface area contributed by atoms with Crippen molar-refractivity contribution in [2.75, 3.05) is 0 Å². The zero-order chi connectivity index (χ0) is 10.8. The molecule has 0 aromatic heterocycles. The van der Waals surface area contributed by atoms with Crippen LogP contribution in [0.1, 0.15) is 12.5 Å². The van der Waals surface area contributed by atoms with Gasteiger partial charge in [0.1, 0.15) is 5.75 Å². The number of benzene rings is 1. The van der Waals surface area contributed by atoms with E-state index >= 15 is 0 Å². The monoisotopic (exact) mass is 201 g/mol. The lowest BCUT2D eigenvalue weighted by molar-refractivity contribution is 0.0174. The number of ether oxygens (including phenoxy) is 1. The molecule has 0 heterocycles. The van der Waals surface area contributed by atoms with Crippen molar-refractivity contribution in [1.29, 1.82) is 0 Å². The van der Waals surface area contributed by atoms with E-state index in [4.69, 9.17) is 5.73 Å². The highest BCUT2D eigenvalue weighted by Gasteiger charge is 2.23. The van der Waals surface area contributed by atoms with Gasteiger partial charge in [0, 0.05) is 12.5 Å². The lowest BCUT2D eigenvalue weighted by atomic mass is 10.1. The van der Waals surface area contributed by atoms with Gasteiger partial charge in [0.05, 0.1) is 0 Å². The van der Waals surface area contributed by atoms with Crippen LogP contribution >= 0.6 is 0 Å². The number of amides is 1. The summed E-state index contributed by atoms with van der Waals surface area (Å²) >= 11 is 0. The molecule has 1 rings (SSSR count). The minimum Gasteiger partial charge on any atom is -0.411 e. The first-order valence-corrected chi connectivity index (χ1v) is 3.85. The molecule has 2 N–H and O–H groups in total. The van der Waals surface area contributed by atoms with E-state index in [-0.39, 0.29) is 11.3 Å². The summed E-state index contributed by atoms with van der Waals surface area (Å²) in [6.45, 7) is 0.789. The van der Waals surface area contributed by atoms with Gasteiger partial charge in [-0.3, -0.25) is 0 Å². The standard InChI is InChI=1S/C9H9F2NO2/c1-9(10,11)6-2-4-7(5-3-6)14-8(12)13/h2-5H,1H3,(H2,12,13). The molecule has 14 heavy (non-hydrogen) atoms. The van der Waals surface area contributed by atoms with Crippen LogP contribution in [0.4, 0.5) is 13.6 Å². The number of carbonyl (C=O) groups excluding carboxylic acids is 1. The summed E-state index contributed by atoms with van der Waals surface area (Å²) in [5.41, 5.74) is 4.59. The van der Waals surface area contributed by atoms with E-state index in [1.54, 1.807) is 0 Å². The molecular formula is C9H9F2NO2. The molecule has 0 unspecified atom stereocenters. The van der Waals surface area contributed by atoms with E-state index in [0.29, 0.717) is 0 Å². The Hall–Kier alpha value is -1.65. The summed E-state index contributed by atoms with van der Waals surface area (Å²) in [5.74, 6) is -2.75. The van der Waals surface area contributed by atoms with E-state index in [9.17, 15) is 13.6 Å². The molecule has 76 valence electrons. The van der Waals surface area contributed by atoms with Gasteiger partial charge in [0.25, 0.3) is 5.92 Å². The highest BCUT2D eigenvalue weighted by atomic mass is 19.3. The van der Waals surface area contributed by atoms with E-state index < -0.39 is 12.0 Å². The Labute approximate surface area is 79.5 Å². The van der Waals surface area contributed by atoms with Crippen molar-refractivity contribution < 1.29 is 18.3 Å². The number of hydrogen-bond donors (Lipinski definition) is 1. The maximum Gasteiger partial charge on any atom is 0.409 e. The first-order valence-electron chi connectivity index (χ1n) is 3.85. The predicted molar refractivity (Wildman–Crippen MR) is 46.2 cm³/mol. The SMILES string of the molecule is CC(F)(F)c1ccc(OC(N)=O)cc1. The maximum atomic E-state index is 12.7. The minimum absolute atomic E-state index is 0.144. The number of rotatable bonds is 2. The topological polar surface area (TPSA) is 52.3 Å². The third-order valence-corrected chi connectivity index (χ3v) is 1.58. The molecule has 0 aliphatic heterocycles. The van der Waals surface area contributed by atoms with Crippen LogP contribution in [0.3, 0.4) is 0 Å². The largest absolute Gasteiger partial charge is 0.411 e. The first kappa shape index (κ1) is 10.4. The van der Waals surface area contributed by atoms with Crippen LogP contribution in [-0.4, -0.2) is 6.09 Å². The number of carbonyl (C=O) groups is 1. The highest BCUT2D eigenvalue weighted by molar-refractivity contribution is 5.68. The van der Waals surface area contributed by atoms with Gasteiger partial charge in [-0.05, 0) is 24.3 Å². The van der Waals surface area contributed by atoms with Crippen molar-refractivity contribution in [1.82, 2.24) is 0 Å². The molecule has 1 aromatic rings. The van der Waals surface area contributed by atoms with Gasteiger partial charge in [-0.1, -0.05) is 0 Å². The molecule has 0 aliphatic rings. The molecule has 0 radical (unpaired) electrons. The van der Waals surface area contributed by atoms with Crippen LogP contribution in [0.25, 0.3) is 0 Å². The van der Waals surface area contributed by atoms with E-state index in [2.05, 4.69) is 4.74 Å². The summed E-state index contributed by atoms with van der Waals surface area (Å²) in [6.07, 6.45) is -0.971. The van der Waals surface area contributed by atoms with Crippen LogP contribution < -0.4 is 10.5 Å². The van der Waals surface area contributed by atoms with Gasteiger partial charge in [-0.2, -0.15) is 0 Å². The molecule has 3 nitrogen and oxygen atoms in total. The summed E-state index contributed by atoms with van der Waals surface area (Å²) in [7, 11) is 0. The Morgan fingerprint density at radius 1 is 1.36 bits per heavy atom. The molecule has 0 bridgehead atoms. The van der Waals surface area contributed by atoms with Gasteiger partial charge in [-0.15, -0.1) is 0 Å². The molecule has 5 heteroatoms. The number of hydrogen-bond acceptors (Lipinski definition) is 2. The number of primary amides is 1. The fraction of sp³-hybridized carbons (Fsp3) is 0.222. The molecule has 0 atom stereocenters. The van der Waals surface area contributed by atoms with E-state index in [1.807, 2.05) is 0 Å². The third-order valence-electron chi connectivity index (χ3n) is 1.58. The predicted octanol–water partition coefficient (Wildman–Crippen LogP) is 2.26. The number of alkyl halides is 2. The smallest absolute Gasteiger partial charge is 0.409 e. The second-order valence-electron chi connectivity index (χ2n) is 2.83. The Morgan fingerprint density at radius 2 is 1.86 bits per heavy atom. The Kier molecular flexibility index (Phi) is 2.69. The first-order chi connectivity index (χ1) is 6.39. The second-order valence-corrected chi connectivity index (χ2v) is 2.83. The molecular weight excluding hydrogens is 192 g/mol. The lowest BCUT2D eigenvalue weighted by Crippen LogP contribution is -2.16. The lowest BCUT2D eigenvalue weighted by Gasteiger charge is -2.10. The molecule has 0 spiro atoms. The zero-order valence-corrected chi connectivity index (χ0v) is 7.46. The van der Waals surface area contributed by atoms with Crippen molar-refractivity contribution in [3.8, 4) is 5.75 Å². The molecule has 1 amide bonds. The van der Waals surface area contributed by atoms with Gasteiger partial charge < -0.3 is 10.5 Å². The van der Waals surface area contributed by atoms with Crippen molar-refractivity contribution >= 4 is 6.09 Å². The van der Waals surface area contributed by atoms with Crippen molar-refractivity contribution in [3.05, 3.63) is 29.8 Å². The van der Waals surface area contributed by atoms with Crippen LogP contribution in [0, 0.1) is 0 Å². The normalized spacial score (nSPS) is 11.1. The molecule has 0 saturated carbocycles. The Morgan fingerprint density at radius 3 is 2.21 bits per heavy atom. The molecule has 1 aromatic carbocycles. The molecule has 0 aliphatic carbocycles. The zero-order valence-electron chi connectivity index (χ0n) is 7.46.